The van der Waals surface area contributed by atoms with Crippen molar-refractivity contribution in [3.05, 3.63) is 0 Å². The zero-order valence-electron chi connectivity index (χ0n) is 10.7. The molecule has 0 saturated carbocycles. The van der Waals surface area contributed by atoms with Crippen LogP contribution in [0, 0.1) is 0 Å². The van der Waals surface area contributed by atoms with Gasteiger partial charge in [-0.2, -0.15) is 0 Å². The third-order valence-electron chi connectivity index (χ3n) is 2.25. The average molecular weight is 320 g/mol. The Morgan fingerprint density at radius 2 is 1.42 bits per heavy atom. The monoisotopic (exact) mass is 320 g/mol. The molecule has 1 rings (SSSR count). The Kier molecular flexibility index (Phi) is 6.59. The van der Waals surface area contributed by atoms with E-state index in [1.165, 1.54) is 34.9 Å². The Morgan fingerprint density at radius 1 is 1.05 bits per heavy atom. The van der Waals surface area contributed by atoms with Gasteiger partial charge in [-0.3, -0.25) is 9.59 Å². The number of rotatable bonds is 8. The lowest BCUT2D eigenvalue weighted by atomic mass is 10.3. The fraction of sp³-hybridized carbons (Fsp3) is 0.600. The summed E-state index contributed by atoms with van der Waals surface area (Å²) in [6, 6.07) is 0. The van der Waals surface area contributed by atoms with Gasteiger partial charge in [-0.25, -0.2) is 0 Å². The molecule has 2 atom stereocenters. The van der Waals surface area contributed by atoms with Gasteiger partial charge in [0.15, 0.2) is 8.68 Å². The van der Waals surface area contributed by atoms with Crippen molar-refractivity contribution in [2.75, 3.05) is 0 Å². The van der Waals surface area contributed by atoms with E-state index in [-0.39, 0.29) is 22.3 Å². The van der Waals surface area contributed by atoms with Crippen LogP contribution in [0.5, 0.6) is 0 Å². The number of hydrogen-bond acceptors (Lipinski definition) is 7. The lowest BCUT2D eigenvalue weighted by Crippen LogP contribution is -2.24. The van der Waals surface area contributed by atoms with Crippen LogP contribution < -0.4 is 11.5 Å². The van der Waals surface area contributed by atoms with Crippen molar-refractivity contribution in [1.82, 2.24) is 10.2 Å². The van der Waals surface area contributed by atoms with Crippen LogP contribution in [0.3, 0.4) is 0 Å². The molecule has 6 nitrogen and oxygen atoms in total. The van der Waals surface area contributed by atoms with Gasteiger partial charge in [-0.05, 0) is 12.8 Å². The van der Waals surface area contributed by atoms with Gasteiger partial charge in [0.25, 0.3) is 0 Å². The van der Waals surface area contributed by atoms with Gasteiger partial charge in [0.2, 0.25) is 11.8 Å². The molecule has 0 aromatic carbocycles. The van der Waals surface area contributed by atoms with Crippen LogP contribution in [0.1, 0.15) is 26.7 Å². The second-order valence-corrected chi connectivity index (χ2v) is 7.55. The zero-order chi connectivity index (χ0) is 14.4. The largest absolute Gasteiger partial charge is 0.369 e. The van der Waals surface area contributed by atoms with Gasteiger partial charge in [0, 0.05) is 0 Å². The molecule has 0 bridgehead atoms. The molecule has 106 valence electrons. The van der Waals surface area contributed by atoms with E-state index < -0.39 is 0 Å². The Bertz CT molecular complexity index is 413. The Morgan fingerprint density at radius 3 is 1.68 bits per heavy atom. The second-order valence-electron chi connectivity index (χ2n) is 3.67. The van der Waals surface area contributed by atoms with Gasteiger partial charge in [0.05, 0.1) is 10.5 Å². The number of carbonyl (C=O) groups excluding carboxylic acids is 2. The summed E-state index contributed by atoms with van der Waals surface area (Å²) in [5.41, 5.74) is 10.5. The third kappa shape index (κ3) is 5.00. The highest BCUT2D eigenvalue weighted by Crippen LogP contribution is 2.34. The smallest absolute Gasteiger partial charge is 0.230 e. The molecule has 1 aromatic rings. The fourth-order valence-electron chi connectivity index (χ4n) is 1.22. The number of nitrogens with two attached hydrogens (primary N) is 2. The zero-order valence-corrected chi connectivity index (χ0v) is 13.1. The van der Waals surface area contributed by atoms with E-state index in [0.29, 0.717) is 21.5 Å². The standard InChI is InChI=1S/C10H16N4O2S3/c1-3-5(7(11)15)17-9-13-14-10(19-9)18-6(4-2)8(12)16/h5-6H,3-4H2,1-2H3,(H2,11,15)(H2,12,16). The molecule has 19 heavy (non-hydrogen) atoms. The molecular weight excluding hydrogens is 304 g/mol. The molecule has 2 amide bonds. The number of hydrogen-bond donors (Lipinski definition) is 2. The number of aromatic nitrogens is 2. The van der Waals surface area contributed by atoms with Crippen LogP contribution in [0.2, 0.25) is 0 Å². The summed E-state index contributed by atoms with van der Waals surface area (Å²) in [5.74, 6) is -0.721. The van der Waals surface area contributed by atoms with Gasteiger partial charge in [-0.15, -0.1) is 10.2 Å². The molecule has 0 fully saturated rings. The SMILES string of the molecule is CCC(Sc1nnc(SC(CC)C(N)=O)s1)C(N)=O. The topological polar surface area (TPSA) is 112 Å². The summed E-state index contributed by atoms with van der Waals surface area (Å²) in [4.78, 5) is 22.3. The molecule has 4 N–H and O–H groups in total. The average Bonchev–Trinajstić information content (AvgIpc) is 2.79. The van der Waals surface area contributed by atoms with Crippen molar-refractivity contribution >= 4 is 46.7 Å². The van der Waals surface area contributed by atoms with Crippen LogP contribution in [0.25, 0.3) is 0 Å². The first-order valence-corrected chi connectivity index (χ1v) is 8.30. The number of primary amides is 2. The number of nitrogens with zero attached hydrogens (tertiary/aromatic N) is 2. The molecule has 1 heterocycles. The highest BCUT2D eigenvalue weighted by molar-refractivity contribution is 8.04. The summed E-state index contributed by atoms with van der Waals surface area (Å²) in [5, 5.41) is 7.36. The lowest BCUT2D eigenvalue weighted by Gasteiger charge is -2.07. The van der Waals surface area contributed by atoms with Crippen LogP contribution in [0.4, 0.5) is 0 Å². The molecule has 0 radical (unpaired) electrons. The molecule has 0 saturated heterocycles. The van der Waals surface area contributed by atoms with Crippen LogP contribution >= 0.6 is 34.9 Å². The van der Waals surface area contributed by atoms with E-state index in [0.717, 1.165) is 0 Å². The van der Waals surface area contributed by atoms with Crippen molar-refractivity contribution in [3.8, 4) is 0 Å². The maximum absolute atomic E-state index is 11.1. The van der Waals surface area contributed by atoms with Gasteiger partial charge in [-0.1, -0.05) is 48.7 Å². The predicted octanol–water partition coefficient (Wildman–Crippen LogP) is 1.25. The number of thioether (sulfide) groups is 2. The summed E-state index contributed by atoms with van der Waals surface area (Å²) < 4.78 is 1.35. The first kappa shape index (κ1) is 16.3. The first-order chi connectivity index (χ1) is 8.97. The van der Waals surface area contributed by atoms with Gasteiger partial charge < -0.3 is 11.5 Å². The number of carbonyl (C=O) groups is 2. The quantitative estimate of drug-likeness (QED) is 0.697. The van der Waals surface area contributed by atoms with E-state index >= 15 is 0 Å². The third-order valence-corrected chi connectivity index (χ3v) is 6.11. The molecule has 0 aliphatic heterocycles. The van der Waals surface area contributed by atoms with E-state index in [4.69, 9.17) is 11.5 Å². The summed E-state index contributed by atoms with van der Waals surface area (Å²) >= 11 is 3.95. The molecule has 1 aromatic heterocycles. The van der Waals surface area contributed by atoms with Crippen molar-refractivity contribution in [2.45, 2.75) is 45.9 Å². The molecule has 0 aliphatic rings. The highest BCUT2D eigenvalue weighted by Gasteiger charge is 2.20. The molecule has 0 spiro atoms. The van der Waals surface area contributed by atoms with Crippen LogP contribution in [-0.4, -0.2) is 32.5 Å². The van der Waals surface area contributed by atoms with E-state index in [1.54, 1.807) is 0 Å². The molecule has 9 heteroatoms. The molecule has 0 aliphatic carbocycles. The van der Waals surface area contributed by atoms with Crippen LogP contribution in [-0.2, 0) is 9.59 Å². The van der Waals surface area contributed by atoms with Gasteiger partial charge >= 0.3 is 0 Å². The molecule has 2 unspecified atom stereocenters. The van der Waals surface area contributed by atoms with Crippen molar-refractivity contribution in [2.24, 2.45) is 11.5 Å². The highest BCUT2D eigenvalue weighted by atomic mass is 32.2. The Labute approximate surface area is 124 Å². The summed E-state index contributed by atoms with van der Waals surface area (Å²) in [6.07, 6.45) is 1.28. The lowest BCUT2D eigenvalue weighted by molar-refractivity contribution is -0.118. The minimum absolute atomic E-state index is 0.302. The van der Waals surface area contributed by atoms with Crippen molar-refractivity contribution in [1.29, 1.82) is 0 Å². The van der Waals surface area contributed by atoms with E-state index in [9.17, 15) is 9.59 Å². The fourth-order valence-corrected chi connectivity index (χ4v) is 4.48. The number of amides is 2. The minimum atomic E-state index is -0.361. The predicted molar refractivity (Wildman–Crippen MR) is 78.2 cm³/mol. The summed E-state index contributed by atoms with van der Waals surface area (Å²) in [6.45, 7) is 3.78. The van der Waals surface area contributed by atoms with E-state index in [2.05, 4.69) is 10.2 Å². The van der Waals surface area contributed by atoms with Crippen molar-refractivity contribution < 1.29 is 9.59 Å². The summed E-state index contributed by atoms with van der Waals surface area (Å²) in [7, 11) is 0. The van der Waals surface area contributed by atoms with E-state index in [1.807, 2.05) is 13.8 Å². The maximum Gasteiger partial charge on any atom is 0.230 e. The van der Waals surface area contributed by atoms with Gasteiger partial charge in [0.1, 0.15) is 0 Å². The van der Waals surface area contributed by atoms with Crippen LogP contribution in [0.15, 0.2) is 8.68 Å². The normalized spacial score (nSPS) is 14.0. The Balaban J connectivity index is 2.66. The Hall–Kier alpha value is -0.800. The van der Waals surface area contributed by atoms with Crippen molar-refractivity contribution in [3.63, 3.8) is 0 Å². The first-order valence-electron chi connectivity index (χ1n) is 5.73. The maximum atomic E-state index is 11.1. The second kappa shape index (κ2) is 7.71. The minimum Gasteiger partial charge on any atom is -0.369 e. The molecular formula is C10H16N4O2S3.